The summed E-state index contributed by atoms with van der Waals surface area (Å²) in [5.74, 6) is 0.690. The third-order valence-electron chi connectivity index (χ3n) is 5.74. The van der Waals surface area contributed by atoms with Crippen molar-refractivity contribution in [3.8, 4) is 0 Å². The number of aryl methyl sites for hydroxylation is 1. The Labute approximate surface area is 171 Å². The first-order valence-electron chi connectivity index (χ1n) is 10.3. The Balaban J connectivity index is 1.30. The fourth-order valence-electron chi connectivity index (χ4n) is 3.94. The lowest BCUT2D eigenvalue weighted by Gasteiger charge is -2.33. The Morgan fingerprint density at radius 1 is 1.04 bits per heavy atom. The van der Waals surface area contributed by atoms with Crippen molar-refractivity contribution < 1.29 is 4.79 Å². The van der Waals surface area contributed by atoms with Crippen LogP contribution in [0.5, 0.6) is 0 Å². The summed E-state index contributed by atoms with van der Waals surface area (Å²) in [5, 5.41) is 11.1. The number of aromatic nitrogens is 2. The number of benzene rings is 1. The summed E-state index contributed by atoms with van der Waals surface area (Å²) in [6.45, 7) is 5.17. The van der Waals surface area contributed by atoms with E-state index in [1.54, 1.807) is 17.4 Å². The van der Waals surface area contributed by atoms with Crippen LogP contribution in [0.25, 0.3) is 6.08 Å². The predicted molar refractivity (Wildman–Crippen MR) is 115 cm³/mol. The van der Waals surface area contributed by atoms with Crippen LogP contribution in [0.15, 0.2) is 30.3 Å². The summed E-state index contributed by atoms with van der Waals surface area (Å²) < 4.78 is 0. The van der Waals surface area contributed by atoms with Crippen LogP contribution in [-0.4, -0.2) is 47.2 Å². The van der Waals surface area contributed by atoms with Gasteiger partial charge in [-0.1, -0.05) is 60.4 Å². The molecular formula is C22H28N4OS. The minimum atomic E-state index is 0.0837. The number of anilines is 1. The van der Waals surface area contributed by atoms with Gasteiger partial charge in [0.05, 0.1) is 0 Å². The van der Waals surface area contributed by atoms with Gasteiger partial charge in [0.2, 0.25) is 11.0 Å². The maximum absolute atomic E-state index is 12.5. The van der Waals surface area contributed by atoms with Crippen LogP contribution < -0.4 is 4.90 Å². The van der Waals surface area contributed by atoms with Crippen molar-refractivity contribution in [3.63, 3.8) is 0 Å². The van der Waals surface area contributed by atoms with E-state index in [4.69, 9.17) is 0 Å². The van der Waals surface area contributed by atoms with E-state index < -0.39 is 0 Å². The smallest absolute Gasteiger partial charge is 0.246 e. The van der Waals surface area contributed by atoms with Crippen LogP contribution in [0.4, 0.5) is 5.13 Å². The molecule has 0 atom stereocenters. The molecule has 0 unspecified atom stereocenters. The lowest BCUT2D eigenvalue weighted by molar-refractivity contribution is -0.126. The largest absolute Gasteiger partial charge is 0.343 e. The second-order valence-corrected chi connectivity index (χ2v) is 8.80. The molecule has 0 N–H and O–H groups in total. The van der Waals surface area contributed by atoms with Crippen molar-refractivity contribution in [1.29, 1.82) is 0 Å². The molecule has 4 rings (SSSR count). The molecule has 28 heavy (non-hydrogen) atoms. The molecule has 1 aliphatic carbocycles. The first kappa shape index (κ1) is 19.1. The molecule has 1 saturated carbocycles. The van der Waals surface area contributed by atoms with Gasteiger partial charge < -0.3 is 9.80 Å². The summed E-state index contributed by atoms with van der Waals surface area (Å²) in [5.41, 5.74) is 2.28. The van der Waals surface area contributed by atoms with Crippen molar-refractivity contribution in [1.82, 2.24) is 15.1 Å². The van der Waals surface area contributed by atoms with Crippen LogP contribution in [0.1, 0.15) is 54.2 Å². The first-order chi connectivity index (χ1) is 13.7. The van der Waals surface area contributed by atoms with Gasteiger partial charge >= 0.3 is 0 Å². The van der Waals surface area contributed by atoms with E-state index >= 15 is 0 Å². The Hall–Kier alpha value is -2.21. The molecule has 1 aromatic carbocycles. The monoisotopic (exact) mass is 396 g/mol. The van der Waals surface area contributed by atoms with Crippen molar-refractivity contribution in [2.45, 2.75) is 44.9 Å². The summed E-state index contributed by atoms with van der Waals surface area (Å²) in [7, 11) is 0. The van der Waals surface area contributed by atoms with Crippen molar-refractivity contribution in [2.75, 3.05) is 31.1 Å². The van der Waals surface area contributed by atoms with Crippen LogP contribution in [0.3, 0.4) is 0 Å². The molecule has 6 heteroatoms. The number of rotatable bonds is 4. The Bertz CT molecular complexity index is 815. The molecule has 0 radical (unpaired) electrons. The Morgan fingerprint density at radius 2 is 1.75 bits per heavy atom. The Morgan fingerprint density at radius 3 is 2.46 bits per heavy atom. The number of piperazine rings is 1. The average molecular weight is 397 g/mol. The third kappa shape index (κ3) is 4.61. The molecule has 1 saturated heterocycles. The number of hydrogen-bond donors (Lipinski definition) is 0. The summed E-state index contributed by atoms with van der Waals surface area (Å²) in [6.07, 6.45) is 10.1. The van der Waals surface area contributed by atoms with Gasteiger partial charge in [0.1, 0.15) is 5.01 Å². The zero-order chi connectivity index (χ0) is 19.3. The lowest BCUT2D eigenvalue weighted by atomic mass is 9.90. The molecule has 0 bridgehead atoms. The van der Waals surface area contributed by atoms with Gasteiger partial charge in [0.15, 0.2) is 0 Å². The molecule has 1 aromatic heterocycles. The van der Waals surface area contributed by atoms with Gasteiger partial charge in [0.25, 0.3) is 0 Å². The third-order valence-corrected chi connectivity index (χ3v) is 6.89. The fraction of sp³-hybridized carbons (Fsp3) is 0.500. The van der Waals surface area contributed by atoms with E-state index in [0.717, 1.165) is 36.9 Å². The van der Waals surface area contributed by atoms with Crippen molar-refractivity contribution >= 4 is 28.5 Å². The van der Waals surface area contributed by atoms with Crippen LogP contribution >= 0.6 is 11.3 Å². The van der Waals surface area contributed by atoms with E-state index in [2.05, 4.69) is 34.2 Å². The molecule has 2 aliphatic rings. The average Bonchev–Trinajstić information content (AvgIpc) is 3.24. The normalized spacial score (nSPS) is 18.8. The van der Waals surface area contributed by atoms with Crippen molar-refractivity contribution in [2.24, 2.45) is 0 Å². The topological polar surface area (TPSA) is 49.3 Å². The lowest BCUT2D eigenvalue weighted by Crippen LogP contribution is -2.48. The van der Waals surface area contributed by atoms with Crippen LogP contribution in [-0.2, 0) is 4.79 Å². The molecule has 1 aliphatic heterocycles. The quantitative estimate of drug-likeness (QED) is 0.725. The van der Waals surface area contributed by atoms with Gasteiger partial charge in [-0.2, -0.15) is 0 Å². The van der Waals surface area contributed by atoms with Gasteiger partial charge in [0, 0.05) is 38.2 Å². The molecule has 0 spiro atoms. The molecule has 1 amide bonds. The minimum absolute atomic E-state index is 0.0837. The fourth-order valence-corrected chi connectivity index (χ4v) is 5.00. The number of amides is 1. The van der Waals surface area contributed by atoms with E-state index in [0.29, 0.717) is 5.92 Å². The minimum Gasteiger partial charge on any atom is -0.343 e. The summed E-state index contributed by atoms with van der Waals surface area (Å²) in [4.78, 5) is 16.7. The van der Waals surface area contributed by atoms with Crippen molar-refractivity contribution in [3.05, 3.63) is 46.5 Å². The molecule has 148 valence electrons. The zero-order valence-corrected chi connectivity index (χ0v) is 17.3. The summed E-state index contributed by atoms with van der Waals surface area (Å²) >= 11 is 1.75. The van der Waals surface area contributed by atoms with Gasteiger partial charge in [-0.3, -0.25) is 4.79 Å². The van der Waals surface area contributed by atoms with Gasteiger partial charge in [-0.05, 0) is 31.4 Å². The highest BCUT2D eigenvalue weighted by Crippen LogP contribution is 2.36. The highest BCUT2D eigenvalue weighted by molar-refractivity contribution is 7.15. The van der Waals surface area contributed by atoms with E-state index in [1.165, 1.54) is 42.7 Å². The first-order valence-corrected chi connectivity index (χ1v) is 11.1. The molecule has 2 aromatic rings. The van der Waals surface area contributed by atoms with Crippen LogP contribution in [0, 0.1) is 6.92 Å². The number of nitrogens with zero attached hydrogens (tertiary/aromatic N) is 4. The summed E-state index contributed by atoms with van der Waals surface area (Å²) in [6, 6.07) is 8.20. The standard InChI is InChI=1S/C22H28N4OS/c1-17-7-9-18(10-8-17)11-12-20(27)25-13-15-26(16-14-25)22-24-23-21(28-22)19-5-3-2-4-6-19/h7-12,19H,2-6,13-16H2,1H3/b12-11+. The molecule has 2 heterocycles. The SMILES string of the molecule is Cc1ccc(/C=C/C(=O)N2CCN(c3nnc(C4CCCCC4)s3)CC2)cc1. The van der Waals surface area contributed by atoms with E-state index in [-0.39, 0.29) is 5.91 Å². The zero-order valence-electron chi connectivity index (χ0n) is 16.5. The predicted octanol–water partition coefficient (Wildman–Crippen LogP) is 4.26. The van der Waals surface area contributed by atoms with E-state index in [9.17, 15) is 4.79 Å². The molecule has 2 fully saturated rings. The molecule has 5 nitrogen and oxygen atoms in total. The number of hydrogen-bond acceptors (Lipinski definition) is 5. The highest BCUT2D eigenvalue weighted by Gasteiger charge is 2.24. The highest BCUT2D eigenvalue weighted by atomic mass is 32.1. The van der Waals surface area contributed by atoms with E-state index in [1.807, 2.05) is 23.1 Å². The number of carbonyl (C=O) groups is 1. The second-order valence-electron chi connectivity index (χ2n) is 7.81. The second kappa shape index (κ2) is 8.86. The number of carbonyl (C=O) groups excluding carboxylic acids is 1. The van der Waals surface area contributed by atoms with Crippen LogP contribution in [0.2, 0.25) is 0 Å². The van der Waals surface area contributed by atoms with Gasteiger partial charge in [-0.25, -0.2) is 0 Å². The maximum Gasteiger partial charge on any atom is 0.246 e. The Kier molecular flexibility index (Phi) is 6.05. The molecular weight excluding hydrogens is 368 g/mol. The van der Waals surface area contributed by atoms with Gasteiger partial charge in [-0.15, -0.1) is 10.2 Å². The maximum atomic E-state index is 12.5.